The molecule has 2 saturated carbocycles. The molecule has 4 rings (SSSR count). The number of hydrogen-bond acceptors (Lipinski definition) is 4. The highest BCUT2D eigenvalue weighted by atomic mass is 32.2. The van der Waals surface area contributed by atoms with Crippen molar-refractivity contribution in [3.05, 3.63) is 35.4 Å². The average Bonchev–Trinajstić information content (AvgIpc) is 3.35. The molecule has 0 bridgehead atoms. The zero-order chi connectivity index (χ0) is 21.5. The van der Waals surface area contributed by atoms with Crippen LogP contribution in [0.4, 0.5) is 0 Å². The van der Waals surface area contributed by atoms with Crippen LogP contribution in [0.3, 0.4) is 0 Å². The SMILES string of the molecule is CC(C)C(=O)N1CC2(CC2)C(NS(C)(=O)=O)C1Cc1cccc(COC2CCC2)c1. The van der Waals surface area contributed by atoms with Crippen molar-refractivity contribution in [1.29, 1.82) is 0 Å². The van der Waals surface area contributed by atoms with E-state index in [-0.39, 0.29) is 29.3 Å². The van der Waals surface area contributed by atoms with Crippen molar-refractivity contribution in [2.24, 2.45) is 11.3 Å². The molecule has 1 amide bonds. The first-order valence-electron chi connectivity index (χ1n) is 11.1. The van der Waals surface area contributed by atoms with E-state index in [0.717, 1.165) is 36.8 Å². The predicted octanol–water partition coefficient (Wildman–Crippen LogP) is 2.86. The summed E-state index contributed by atoms with van der Waals surface area (Å²) in [5, 5.41) is 0. The lowest BCUT2D eigenvalue weighted by molar-refractivity contribution is -0.135. The number of nitrogens with one attached hydrogen (secondary N) is 1. The van der Waals surface area contributed by atoms with E-state index in [1.807, 2.05) is 24.8 Å². The summed E-state index contributed by atoms with van der Waals surface area (Å²) in [7, 11) is -3.36. The number of carbonyl (C=O) groups is 1. The molecule has 3 fully saturated rings. The Morgan fingerprint density at radius 3 is 2.53 bits per heavy atom. The van der Waals surface area contributed by atoms with Crippen molar-refractivity contribution in [1.82, 2.24) is 9.62 Å². The van der Waals surface area contributed by atoms with Gasteiger partial charge in [-0.3, -0.25) is 4.79 Å². The van der Waals surface area contributed by atoms with Gasteiger partial charge in [0.2, 0.25) is 15.9 Å². The van der Waals surface area contributed by atoms with Crippen LogP contribution in [0.1, 0.15) is 57.1 Å². The van der Waals surface area contributed by atoms with Crippen molar-refractivity contribution in [2.75, 3.05) is 12.8 Å². The van der Waals surface area contributed by atoms with Gasteiger partial charge in [-0.2, -0.15) is 0 Å². The fourth-order valence-electron chi connectivity index (χ4n) is 4.85. The molecule has 6 nitrogen and oxygen atoms in total. The molecule has 166 valence electrons. The molecular weight excluding hydrogens is 400 g/mol. The lowest BCUT2D eigenvalue weighted by Gasteiger charge is -2.30. The van der Waals surface area contributed by atoms with Crippen LogP contribution in [-0.4, -0.2) is 50.2 Å². The lowest BCUT2D eigenvalue weighted by atomic mass is 9.92. The summed E-state index contributed by atoms with van der Waals surface area (Å²) in [4.78, 5) is 14.9. The summed E-state index contributed by atoms with van der Waals surface area (Å²) in [6.07, 6.45) is 7.73. The molecule has 2 atom stereocenters. The van der Waals surface area contributed by atoms with E-state index >= 15 is 0 Å². The largest absolute Gasteiger partial charge is 0.374 e. The zero-order valence-electron chi connectivity index (χ0n) is 18.3. The number of rotatable bonds is 8. The molecule has 7 heteroatoms. The molecule has 1 spiro atoms. The molecule has 3 aliphatic rings. The van der Waals surface area contributed by atoms with Crippen molar-refractivity contribution >= 4 is 15.9 Å². The molecule has 1 aromatic carbocycles. The monoisotopic (exact) mass is 434 g/mol. The van der Waals surface area contributed by atoms with Crippen molar-refractivity contribution in [2.45, 2.75) is 77.2 Å². The van der Waals surface area contributed by atoms with Gasteiger partial charge >= 0.3 is 0 Å². The molecule has 1 heterocycles. The fraction of sp³-hybridized carbons (Fsp3) is 0.696. The van der Waals surface area contributed by atoms with Crippen LogP contribution < -0.4 is 4.72 Å². The van der Waals surface area contributed by atoms with E-state index in [2.05, 4.69) is 22.9 Å². The average molecular weight is 435 g/mol. The van der Waals surface area contributed by atoms with Gasteiger partial charge in [0, 0.05) is 23.9 Å². The Bertz CT molecular complexity index is 890. The Labute approximate surface area is 180 Å². The van der Waals surface area contributed by atoms with Crippen LogP contribution in [-0.2, 0) is 32.6 Å². The van der Waals surface area contributed by atoms with Crippen LogP contribution in [0.15, 0.2) is 24.3 Å². The molecule has 1 aromatic rings. The number of amides is 1. The van der Waals surface area contributed by atoms with E-state index < -0.39 is 10.0 Å². The third-order valence-electron chi connectivity index (χ3n) is 6.91. The van der Waals surface area contributed by atoms with E-state index in [1.54, 1.807) is 0 Å². The van der Waals surface area contributed by atoms with E-state index in [1.165, 1.54) is 12.7 Å². The van der Waals surface area contributed by atoms with E-state index in [0.29, 0.717) is 25.7 Å². The summed E-state index contributed by atoms with van der Waals surface area (Å²) in [5.74, 6) is -0.00366. The van der Waals surface area contributed by atoms with Gasteiger partial charge in [-0.1, -0.05) is 38.1 Å². The molecule has 0 radical (unpaired) electrons. The molecule has 1 N–H and O–H groups in total. The van der Waals surface area contributed by atoms with Crippen molar-refractivity contribution in [3.8, 4) is 0 Å². The third kappa shape index (κ3) is 4.73. The number of nitrogens with zero attached hydrogens (tertiary/aromatic N) is 1. The van der Waals surface area contributed by atoms with Crippen LogP contribution in [0.5, 0.6) is 0 Å². The lowest BCUT2D eigenvalue weighted by Crippen LogP contribution is -2.50. The molecular formula is C23H34N2O4S. The van der Waals surface area contributed by atoms with Crippen LogP contribution in [0.2, 0.25) is 0 Å². The number of likely N-dealkylation sites (tertiary alicyclic amines) is 1. The van der Waals surface area contributed by atoms with Crippen LogP contribution >= 0.6 is 0 Å². The van der Waals surface area contributed by atoms with Crippen molar-refractivity contribution in [3.63, 3.8) is 0 Å². The summed E-state index contributed by atoms with van der Waals surface area (Å²) in [6, 6.07) is 7.92. The first-order chi connectivity index (χ1) is 14.2. The molecule has 2 unspecified atom stereocenters. The summed E-state index contributed by atoms with van der Waals surface area (Å²) in [5.41, 5.74) is 2.14. The minimum Gasteiger partial charge on any atom is -0.374 e. The summed E-state index contributed by atoms with van der Waals surface area (Å²) in [6.45, 7) is 5.07. The van der Waals surface area contributed by atoms with E-state index in [9.17, 15) is 13.2 Å². The minimum atomic E-state index is -3.36. The van der Waals surface area contributed by atoms with Crippen LogP contribution in [0.25, 0.3) is 0 Å². The maximum absolute atomic E-state index is 13.0. The quantitative estimate of drug-likeness (QED) is 0.683. The normalized spacial score (nSPS) is 25.7. The Hall–Kier alpha value is -1.44. The number of benzene rings is 1. The van der Waals surface area contributed by atoms with Gasteiger partial charge in [0.25, 0.3) is 0 Å². The second kappa shape index (κ2) is 8.24. The van der Waals surface area contributed by atoms with E-state index in [4.69, 9.17) is 4.74 Å². The maximum atomic E-state index is 13.0. The van der Waals surface area contributed by atoms with Gasteiger partial charge in [0.1, 0.15) is 0 Å². The number of hydrogen-bond donors (Lipinski definition) is 1. The zero-order valence-corrected chi connectivity index (χ0v) is 19.1. The molecule has 2 aliphatic carbocycles. The Kier molecular flexibility index (Phi) is 5.99. The molecule has 1 aliphatic heterocycles. The smallest absolute Gasteiger partial charge is 0.225 e. The second-order valence-electron chi connectivity index (χ2n) is 9.81. The number of sulfonamides is 1. The van der Waals surface area contributed by atoms with Crippen molar-refractivity contribution < 1.29 is 17.9 Å². The van der Waals surface area contributed by atoms with Gasteiger partial charge < -0.3 is 9.64 Å². The maximum Gasteiger partial charge on any atom is 0.225 e. The number of ether oxygens (including phenoxy) is 1. The standard InChI is InChI=1S/C23H34N2O4S/c1-16(2)22(26)25-15-23(10-11-23)21(24-30(3,27)28)20(25)13-17-6-4-7-18(12-17)14-29-19-8-5-9-19/h4,6-7,12,16,19-21,24H,5,8-11,13-15H2,1-3H3. The molecule has 30 heavy (non-hydrogen) atoms. The highest BCUT2D eigenvalue weighted by Gasteiger charge is 2.61. The minimum absolute atomic E-state index is 0.105. The third-order valence-corrected chi connectivity index (χ3v) is 7.60. The van der Waals surface area contributed by atoms with Gasteiger partial charge in [-0.05, 0) is 49.7 Å². The predicted molar refractivity (Wildman–Crippen MR) is 116 cm³/mol. The first kappa shape index (κ1) is 21.8. The highest BCUT2D eigenvalue weighted by molar-refractivity contribution is 7.88. The number of carbonyl (C=O) groups excluding carboxylic acids is 1. The Balaban J connectivity index is 1.55. The van der Waals surface area contributed by atoms with Gasteiger partial charge in [-0.15, -0.1) is 0 Å². The summed E-state index contributed by atoms with van der Waals surface area (Å²) < 4.78 is 33.1. The summed E-state index contributed by atoms with van der Waals surface area (Å²) >= 11 is 0. The van der Waals surface area contributed by atoms with Gasteiger partial charge in [0.15, 0.2) is 0 Å². The molecule has 1 saturated heterocycles. The van der Waals surface area contributed by atoms with Gasteiger partial charge in [-0.25, -0.2) is 13.1 Å². The van der Waals surface area contributed by atoms with Crippen LogP contribution in [0, 0.1) is 11.3 Å². The second-order valence-corrected chi connectivity index (χ2v) is 11.6. The Morgan fingerprint density at radius 1 is 1.27 bits per heavy atom. The fourth-order valence-corrected chi connectivity index (χ4v) is 5.72. The Morgan fingerprint density at radius 2 is 1.97 bits per heavy atom. The highest BCUT2D eigenvalue weighted by Crippen LogP contribution is 2.55. The first-order valence-corrected chi connectivity index (χ1v) is 13.0. The molecule has 0 aromatic heterocycles. The van der Waals surface area contributed by atoms with Gasteiger partial charge in [0.05, 0.1) is 25.0 Å². The topological polar surface area (TPSA) is 75.7 Å².